The van der Waals surface area contributed by atoms with Gasteiger partial charge in [-0.15, -0.1) is 0 Å². The van der Waals surface area contributed by atoms with E-state index in [1.54, 1.807) is 22.2 Å². The first-order valence-corrected chi connectivity index (χ1v) is 7.32. The molecule has 0 saturated carbocycles. The lowest BCUT2D eigenvalue weighted by molar-refractivity contribution is 0.174. The number of nitriles is 1. The maximum Gasteiger partial charge on any atom is 0.326 e. The van der Waals surface area contributed by atoms with E-state index in [1.807, 2.05) is 24.3 Å². The van der Waals surface area contributed by atoms with Gasteiger partial charge in [-0.05, 0) is 0 Å². The Balaban J connectivity index is 1.79. The van der Waals surface area contributed by atoms with E-state index in [0.29, 0.717) is 12.2 Å². The van der Waals surface area contributed by atoms with Gasteiger partial charge in [-0.1, -0.05) is 24.3 Å². The summed E-state index contributed by atoms with van der Waals surface area (Å²) >= 11 is 0. The standard InChI is InChI=1S/C16H15N5O/c17-5-12-10-20(13-7-19-8-13)16(22)21(12)15-9-18-6-11-3-1-2-4-14(11)15/h1-4,6,9,12-13,19H,7-8,10H2. The molecule has 6 nitrogen and oxygen atoms in total. The van der Waals surface area contributed by atoms with Crippen molar-refractivity contribution in [2.75, 3.05) is 24.5 Å². The zero-order valence-electron chi connectivity index (χ0n) is 11.9. The van der Waals surface area contributed by atoms with Gasteiger partial charge in [0.25, 0.3) is 0 Å². The number of aromatic nitrogens is 1. The van der Waals surface area contributed by atoms with Crippen LogP contribution >= 0.6 is 0 Å². The van der Waals surface area contributed by atoms with Crippen LogP contribution in [-0.4, -0.2) is 47.6 Å². The third-order valence-electron chi connectivity index (χ3n) is 4.39. The summed E-state index contributed by atoms with van der Waals surface area (Å²) in [6.45, 7) is 2.04. The molecule has 2 aromatic rings. The van der Waals surface area contributed by atoms with Crippen molar-refractivity contribution in [3.05, 3.63) is 36.7 Å². The summed E-state index contributed by atoms with van der Waals surface area (Å²) in [4.78, 5) is 20.4. The van der Waals surface area contributed by atoms with Gasteiger partial charge in [0.1, 0.15) is 6.04 Å². The van der Waals surface area contributed by atoms with Crippen molar-refractivity contribution in [2.24, 2.45) is 0 Å². The number of rotatable bonds is 2. The molecular weight excluding hydrogens is 278 g/mol. The van der Waals surface area contributed by atoms with E-state index in [9.17, 15) is 10.1 Å². The van der Waals surface area contributed by atoms with Gasteiger partial charge in [0, 0.05) is 30.1 Å². The molecular formula is C16H15N5O. The maximum atomic E-state index is 12.8. The molecule has 22 heavy (non-hydrogen) atoms. The molecule has 1 aromatic heterocycles. The zero-order chi connectivity index (χ0) is 15.1. The molecule has 1 atom stereocenters. The number of benzene rings is 1. The first-order valence-electron chi connectivity index (χ1n) is 7.32. The van der Waals surface area contributed by atoms with E-state index in [2.05, 4.69) is 16.4 Å². The van der Waals surface area contributed by atoms with Crippen LogP contribution in [-0.2, 0) is 0 Å². The van der Waals surface area contributed by atoms with Crippen molar-refractivity contribution in [2.45, 2.75) is 12.1 Å². The Morgan fingerprint density at radius 1 is 1.27 bits per heavy atom. The SMILES string of the molecule is N#CC1CN(C2CNC2)C(=O)N1c1cncc2ccccc12. The topological polar surface area (TPSA) is 72.3 Å². The first kappa shape index (κ1) is 13.0. The second-order valence-corrected chi connectivity index (χ2v) is 5.64. The lowest BCUT2D eigenvalue weighted by atomic mass is 10.1. The van der Waals surface area contributed by atoms with Crippen LogP contribution in [0.25, 0.3) is 10.8 Å². The van der Waals surface area contributed by atoms with Crippen LogP contribution in [0, 0.1) is 11.3 Å². The highest BCUT2D eigenvalue weighted by atomic mass is 16.2. The fourth-order valence-corrected chi connectivity index (χ4v) is 3.08. The lowest BCUT2D eigenvalue weighted by Crippen LogP contribution is -2.58. The summed E-state index contributed by atoms with van der Waals surface area (Å²) in [7, 11) is 0. The molecule has 0 aliphatic carbocycles. The summed E-state index contributed by atoms with van der Waals surface area (Å²) in [6, 6.07) is 9.66. The Kier molecular flexibility index (Phi) is 2.94. The number of amides is 2. The summed E-state index contributed by atoms with van der Waals surface area (Å²) in [5.41, 5.74) is 0.712. The van der Waals surface area contributed by atoms with Crippen molar-refractivity contribution < 1.29 is 4.79 Å². The smallest absolute Gasteiger partial charge is 0.316 e. The van der Waals surface area contributed by atoms with Gasteiger partial charge in [0.15, 0.2) is 0 Å². The number of carbonyl (C=O) groups excluding carboxylic acids is 1. The molecule has 2 saturated heterocycles. The van der Waals surface area contributed by atoms with E-state index in [0.717, 1.165) is 23.9 Å². The largest absolute Gasteiger partial charge is 0.326 e. The van der Waals surface area contributed by atoms with E-state index in [4.69, 9.17) is 0 Å². The van der Waals surface area contributed by atoms with Gasteiger partial charge < -0.3 is 10.2 Å². The molecule has 1 N–H and O–H groups in total. The number of nitrogens with zero attached hydrogens (tertiary/aromatic N) is 4. The van der Waals surface area contributed by atoms with Gasteiger partial charge in [-0.2, -0.15) is 5.26 Å². The van der Waals surface area contributed by atoms with Crippen LogP contribution in [0.2, 0.25) is 0 Å². The van der Waals surface area contributed by atoms with Crippen LogP contribution in [0.1, 0.15) is 0 Å². The summed E-state index contributed by atoms with van der Waals surface area (Å²) in [5, 5.41) is 14.5. The fraction of sp³-hybridized carbons (Fsp3) is 0.312. The molecule has 0 radical (unpaired) electrons. The van der Waals surface area contributed by atoms with Crippen LogP contribution in [0.15, 0.2) is 36.7 Å². The summed E-state index contributed by atoms with van der Waals surface area (Å²) < 4.78 is 0. The van der Waals surface area contributed by atoms with Gasteiger partial charge >= 0.3 is 6.03 Å². The van der Waals surface area contributed by atoms with Gasteiger partial charge in [-0.3, -0.25) is 9.88 Å². The number of fused-ring (bicyclic) bond motifs is 1. The van der Waals surface area contributed by atoms with Gasteiger partial charge in [0.05, 0.1) is 30.5 Å². The normalized spacial score (nSPS) is 22.0. The first-order chi connectivity index (χ1) is 10.8. The van der Waals surface area contributed by atoms with Crippen molar-refractivity contribution >= 4 is 22.5 Å². The van der Waals surface area contributed by atoms with Crippen molar-refractivity contribution in [1.82, 2.24) is 15.2 Å². The van der Waals surface area contributed by atoms with Crippen molar-refractivity contribution in [3.8, 4) is 6.07 Å². The summed E-state index contributed by atoms with van der Waals surface area (Å²) in [6.07, 6.45) is 3.45. The van der Waals surface area contributed by atoms with Crippen LogP contribution in [0.4, 0.5) is 10.5 Å². The second-order valence-electron chi connectivity index (χ2n) is 5.64. The molecule has 1 unspecified atom stereocenters. The molecule has 0 spiro atoms. The highest BCUT2D eigenvalue weighted by Gasteiger charge is 2.43. The average molecular weight is 293 g/mol. The number of nitrogens with one attached hydrogen (secondary N) is 1. The van der Waals surface area contributed by atoms with Crippen LogP contribution in [0.3, 0.4) is 0 Å². The minimum Gasteiger partial charge on any atom is -0.316 e. The quantitative estimate of drug-likeness (QED) is 0.907. The molecule has 3 heterocycles. The zero-order valence-corrected chi connectivity index (χ0v) is 11.9. The molecule has 2 amide bonds. The summed E-state index contributed by atoms with van der Waals surface area (Å²) in [5.74, 6) is 0. The van der Waals surface area contributed by atoms with Crippen LogP contribution < -0.4 is 10.2 Å². The Bertz CT molecular complexity index is 774. The monoisotopic (exact) mass is 293 g/mol. The Morgan fingerprint density at radius 2 is 2.09 bits per heavy atom. The molecule has 2 fully saturated rings. The number of anilines is 1. The Morgan fingerprint density at radius 3 is 2.82 bits per heavy atom. The van der Waals surface area contributed by atoms with E-state index >= 15 is 0 Å². The molecule has 2 aliphatic heterocycles. The molecule has 110 valence electrons. The lowest BCUT2D eigenvalue weighted by Gasteiger charge is -2.35. The highest BCUT2D eigenvalue weighted by molar-refractivity contribution is 6.04. The molecule has 4 rings (SSSR count). The Hall–Kier alpha value is -2.65. The number of pyridine rings is 1. The average Bonchev–Trinajstić information content (AvgIpc) is 2.82. The molecule has 0 bridgehead atoms. The van der Waals surface area contributed by atoms with Gasteiger partial charge in [0.2, 0.25) is 0 Å². The number of hydrogen-bond acceptors (Lipinski definition) is 4. The minimum atomic E-state index is -0.472. The predicted molar refractivity (Wildman–Crippen MR) is 82.4 cm³/mol. The fourth-order valence-electron chi connectivity index (χ4n) is 3.08. The second kappa shape index (κ2) is 4.97. The Labute approximate surface area is 127 Å². The number of hydrogen-bond donors (Lipinski definition) is 1. The van der Waals surface area contributed by atoms with E-state index < -0.39 is 6.04 Å². The molecule has 2 aliphatic rings. The van der Waals surface area contributed by atoms with E-state index in [1.165, 1.54) is 0 Å². The maximum absolute atomic E-state index is 12.8. The predicted octanol–water partition coefficient (Wildman–Crippen LogP) is 1.34. The highest BCUT2D eigenvalue weighted by Crippen LogP contribution is 2.32. The van der Waals surface area contributed by atoms with Crippen molar-refractivity contribution in [3.63, 3.8) is 0 Å². The third-order valence-corrected chi connectivity index (χ3v) is 4.39. The molecule has 6 heteroatoms. The van der Waals surface area contributed by atoms with Gasteiger partial charge in [-0.25, -0.2) is 4.79 Å². The number of urea groups is 1. The van der Waals surface area contributed by atoms with Crippen molar-refractivity contribution in [1.29, 1.82) is 5.26 Å². The third kappa shape index (κ3) is 1.83. The number of carbonyl (C=O) groups is 1. The minimum absolute atomic E-state index is 0.101. The van der Waals surface area contributed by atoms with Crippen LogP contribution in [0.5, 0.6) is 0 Å². The van der Waals surface area contributed by atoms with E-state index in [-0.39, 0.29) is 12.1 Å². The molecule has 1 aromatic carbocycles.